The molecule has 1 aromatic heterocycles. The number of carbonyl (C=O) groups is 1. The Morgan fingerprint density at radius 2 is 1.94 bits per heavy atom. The average molecular weight is 474 g/mol. The molecule has 7 nitrogen and oxygen atoms in total. The van der Waals surface area contributed by atoms with Crippen LogP contribution in [0.15, 0.2) is 46.9 Å². The van der Waals surface area contributed by atoms with Crippen LogP contribution in [0.25, 0.3) is 33.7 Å². The van der Waals surface area contributed by atoms with Crippen LogP contribution in [0.2, 0.25) is 0 Å². The zero-order chi connectivity index (χ0) is 24.1. The molecule has 0 fully saturated rings. The summed E-state index contributed by atoms with van der Waals surface area (Å²) in [6, 6.07) is 13.3. The van der Waals surface area contributed by atoms with Crippen LogP contribution < -0.4 is 14.8 Å². The molecular weight excluding hydrogens is 451 g/mol. The van der Waals surface area contributed by atoms with Crippen molar-refractivity contribution in [2.45, 2.75) is 25.8 Å². The summed E-state index contributed by atoms with van der Waals surface area (Å²) in [5, 5.41) is 12.0. The fourth-order valence-electron chi connectivity index (χ4n) is 5.02. The minimum atomic E-state index is -0.947. The van der Waals surface area contributed by atoms with Crippen molar-refractivity contribution in [1.82, 2.24) is 10.3 Å². The summed E-state index contributed by atoms with van der Waals surface area (Å²) in [5.41, 5.74) is 5.54. The molecule has 0 amide bonds. The molecule has 2 N–H and O–H groups in total. The minimum absolute atomic E-state index is 0.127. The number of fused-ring (bicyclic) bond motifs is 3. The Morgan fingerprint density at radius 3 is 2.77 bits per heavy atom. The molecule has 0 bridgehead atoms. The zero-order valence-electron chi connectivity index (χ0n) is 19.1. The van der Waals surface area contributed by atoms with Crippen molar-refractivity contribution in [1.29, 1.82) is 0 Å². The van der Waals surface area contributed by atoms with Crippen LogP contribution >= 0.6 is 0 Å². The molecule has 2 aliphatic rings. The van der Waals surface area contributed by atoms with Gasteiger partial charge in [-0.1, -0.05) is 18.2 Å². The molecule has 6 rings (SSSR count). The SMILES string of the molecule is Cc1c(-c2ccc3c(c2)OCCO3)cccc1-c1nc2cc3c(c(F)c2o1)CC[C@H]3NCC(=O)O. The molecule has 1 aliphatic heterocycles. The first-order chi connectivity index (χ1) is 17.0. The van der Waals surface area contributed by atoms with Gasteiger partial charge < -0.3 is 24.3 Å². The van der Waals surface area contributed by atoms with Gasteiger partial charge in [-0.25, -0.2) is 9.37 Å². The van der Waals surface area contributed by atoms with Crippen LogP contribution in [0.1, 0.15) is 29.2 Å². The van der Waals surface area contributed by atoms with Crippen molar-refractivity contribution in [2.24, 2.45) is 0 Å². The van der Waals surface area contributed by atoms with Crippen LogP contribution in [0, 0.1) is 12.7 Å². The Bertz CT molecular complexity index is 1480. The Morgan fingerprint density at radius 1 is 1.14 bits per heavy atom. The van der Waals surface area contributed by atoms with E-state index in [1.54, 1.807) is 0 Å². The van der Waals surface area contributed by atoms with Crippen molar-refractivity contribution >= 4 is 17.1 Å². The maximum absolute atomic E-state index is 15.4. The Labute approximate surface area is 200 Å². The number of rotatable bonds is 5. The second kappa shape index (κ2) is 8.39. The number of carboxylic acids is 1. The van der Waals surface area contributed by atoms with Gasteiger partial charge in [0.15, 0.2) is 22.9 Å². The zero-order valence-corrected chi connectivity index (χ0v) is 19.1. The van der Waals surface area contributed by atoms with Crippen molar-refractivity contribution in [3.05, 3.63) is 65.0 Å². The van der Waals surface area contributed by atoms with Crippen LogP contribution in [0.5, 0.6) is 11.5 Å². The topological polar surface area (TPSA) is 93.8 Å². The normalized spacial score (nSPS) is 16.5. The largest absolute Gasteiger partial charge is 0.486 e. The molecule has 2 heterocycles. The van der Waals surface area contributed by atoms with E-state index in [0.717, 1.165) is 33.6 Å². The first-order valence-corrected chi connectivity index (χ1v) is 11.6. The van der Waals surface area contributed by atoms with Crippen molar-refractivity contribution in [2.75, 3.05) is 19.8 Å². The molecule has 1 aliphatic carbocycles. The molecular formula is C27H23FN2O5. The van der Waals surface area contributed by atoms with E-state index < -0.39 is 11.8 Å². The number of aromatic nitrogens is 1. The average Bonchev–Trinajstić information content (AvgIpc) is 3.47. The van der Waals surface area contributed by atoms with Crippen LogP contribution in [-0.2, 0) is 11.2 Å². The number of aliphatic carboxylic acids is 1. The van der Waals surface area contributed by atoms with Gasteiger partial charge in [0, 0.05) is 11.6 Å². The van der Waals surface area contributed by atoms with Gasteiger partial charge in [-0.2, -0.15) is 0 Å². The number of ether oxygens (including phenoxy) is 2. The molecule has 0 saturated heterocycles. The third-order valence-corrected chi connectivity index (χ3v) is 6.73. The van der Waals surface area contributed by atoms with E-state index in [9.17, 15) is 4.79 Å². The first-order valence-electron chi connectivity index (χ1n) is 11.6. The predicted molar refractivity (Wildman–Crippen MR) is 127 cm³/mol. The van der Waals surface area contributed by atoms with Gasteiger partial charge in [-0.15, -0.1) is 0 Å². The molecule has 3 aromatic carbocycles. The summed E-state index contributed by atoms with van der Waals surface area (Å²) in [6.45, 7) is 2.85. The summed E-state index contributed by atoms with van der Waals surface area (Å²) < 4.78 is 32.7. The number of benzene rings is 3. The lowest BCUT2D eigenvalue weighted by Crippen LogP contribution is -2.26. The Hall–Kier alpha value is -3.91. The molecule has 4 aromatic rings. The second-order valence-electron chi connectivity index (χ2n) is 8.83. The van der Waals surface area contributed by atoms with Gasteiger partial charge >= 0.3 is 5.97 Å². The van der Waals surface area contributed by atoms with E-state index >= 15 is 4.39 Å². The Kier molecular flexibility index (Phi) is 5.18. The lowest BCUT2D eigenvalue weighted by atomic mass is 9.96. The summed E-state index contributed by atoms with van der Waals surface area (Å²) in [6.07, 6.45) is 1.15. The quantitative estimate of drug-likeness (QED) is 0.418. The van der Waals surface area contributed by atoms with Gasteiger partial charge in [0.2, 0.25) is 5.89 Å². The summed E-state index contributed by atoms with van der Waals surface area (Å²) in [7, 11) is 0. The number of nitrogens with one attached hydrogen (secondary N) is 1. The highest BCUT2D eigenvalue weighted by atomic mass is 19.1. The van der Waals surface area contributed by atoms with Crippen molar-refractivity contribution in [3.63, 3.8) is 0 Å². The fraction of sp³-hybridized carbons (Fsp3) is 0.259. The van der Waals surface area contributed by atoms with E-state index in [1.807, 2.05) is 49.4 Å². The van der Waals surface area contributed by atoms with E-state index in [1.165, 1.54) is 0 Å². The molecule has 0 unspecified atom stereocenters. The number of halogens is 1. The first kappa shape index (κ1) is 21.6. The van der Waals surface area contributed by atoms with Gasteiger partial charge in [-0.3, -0.25) is 4.79 Å². The second-order valence-corrected chi connectivity index (χ2v) is 8.83. The fourth-order valence-corrected chi connectivity index (χ4v) is 5.02. The minimum Gasteiger partial charge on any atom is -0.486 e. The highest BCUT2D eigenvalue weighted by Gasteiger charge is 2.29. The number of hydrogen-bond donors (Lipinski definition) is 2. The molecule has 178 valence electrons. The molecule has 0 saturated carbocycles. The third kappa shape index (κ3) is 3.70. The van der Waals surface area contributed by atoms with Crippen molar-refractivity contribution < 1.29 is 28.2 Å². The number of oxazole rings is 1. The molecule has 8 heteroatoms. The lowest BCUT2D eigenvalue weighted by Gasteiger charge is -2.19. The summed E-state index contributed by atoms with van der Waals surface area (Å²) >= 11 is 0. The van der Waals surface area contributed by atoms with E-state index in [-0.39, 0.29) is 18.2 Å². The third-order valence-electron chi connectivity index (χ3n) is 6.73. The van der Waals surface area contributed by atoms with Gasteiger partial charge in [0.25, 0.3) is 0 Å². The van der Waals surface area contributed by atoms with Gasteiger partial charge in [0.05, 0.1) is 6.54 Å². The summed E-state index contributed by atoms with van der Waals surface area (Å²) in [4.78, 5) is 15.6. The monoisotopic (exact) mass is 474 g/mol. The van der Waals surface area contributed by atoms with Gasteiger partial charge in [-0.05, 0) is 71.8 Å². The maximum Gasteiger partial charge on any atom is 0.317 e. The van der Waals surface area contributed by atoms with E-state index in [2.05, 4.69) is 10.3 Å². The molecule has 35 heavy (non-hydrogen) atoms. The number of hydrogen-bond acceptors (Lipinski definition) is 6. The van der Waals surface area contributed by atoms with Gasteiger partial charge in [0.1, 0.15) is 18.7 Å². The van der Waals surface area contributed by atoms with Crippen LogP contribution in [0.3, 0.4) is 0 Å². The number of carboxylic acid groups (broad SMARTS) is 1. The van der Waals surface area contributed by atoms with E-state index in [4.69, 9.17) is 19.0 Å². The maximum atomic E-state index is 15.4. The highest BCUT2D eigenvalue weighted by Crippen LogP contribution is 2.40. The molecule has 0 radical (unpaired) electrons. The lowest BCUT2D eigenvalue weighted by molar-refractivity contribution is -0.136. The standard InChI is InChI=1S/C27H23FN2O5/c1-14-16(15-5-8-22-23(11-15)34-10-9-33-22)3-2-4-17(14)27-30-21-12-19-18(25(28)26(21)35-27)6-7-20(19)29-13-24(31)32/h2-5,8,11-12,20,29H,6-7,9-10,13H2,1H3,(H,31,32)/t20-/m1/s1. The van der Waals surface area contributed by atoms with Crippen LogP contribution in [0.4, 0.5) is 4.39 Å². The van der Waals surface area contributed by atoms with E-state index in [0.29, 0.717) is 48.8 Å². The molecule has 1 atom stereocenters. The van der Waals surface area contributed by atoms with Crippen LogP contribution in [-0.4, -0.2) is 35.8 Å². The number of nitrogens with zero attached hydrogens (tertiary/aromatic N) is 1. The smallest absolute Gasteiger partial charge is 0.317 e. The predicted octanol–water partition coefficient (Wildman–Crippen LogP) is 5.04. The molecule has 0 spiro atoms. The highest BCUT2D eigenvalue weighted by molar-refractivity contribution is 5.82. The Balaban J connectivity index is 1.39. The summed E-state index contributed by atoms with van der Waals surface area (Å²) in [5.74, 6) is 0.415. The van der Waals surface area contributed by atoms with Crippen molar-refractivity contribution in [3.8, 4) is 34.1 Å².